The fourth-order valence-electron chi connectivity index (χ4n) is 2.18. The molecule has 21 heavy (non-hydrogen) atoms. The number of hydrogen-bond acceptors (Lipinski definition) is 2. The van der Waals surface area contributed by atoms with Gasteiger partial charge >= 0.3 is 0 Å². The van der Waals surface area contributed by atoms with Crippen LogP contribution in [0.2, 0.25) is 0 Å². The summed E-state index contributed by atoms with van der Waals surface area (Å²) in [6.07, 6.45) is 0.943. The fourth-order valence-corrected chi connectivity index (χ4v) is 2.60. The largest absolute Gasteiger partial charge is 0.370 e. The number of halogens is 3. The van der Waals surface area contributed by atoms with Gasteiger partial charge in [-0.1, -0.05) is 27.7 Å². The van der Waals surface area contributed by atoms with Crippen molar-refractivity contribution in [2.24, 2.45) is 0 Å². The van der Waals surface area contributed by atoms with Gasteiger partial charge in [-0.05, 0) is 33.8 Å². The van der Waals surface area contributed by atoms with Gasteiger partial charge in [0.2, 0.25) is 0 Å². The summed E-state index contributed by atoms with van der Waals surface area (Å²) in [5.74, 6) is -0.601. The van der Waals surface area contributed by atoms with E-state index in [0.717, 1.165) is 24.6 Å². The molecule has 0 atom stereocenters. The molecule has 1 heterocycles. The third kappa shape index (κ3) is 3.18. The first kappa shape index (κ1) is 16.1. The summed E-state index contributed by atoms with van der Waals surface area (Å²) in [5.41, 5.74) is 0.934. The van der Waals surface area contributed by atoms with Crippen LogP contribution in [-0.2, 0) is 5.41 Å². The van der Waals surface area contributed by atoms with Crippen molar-refractivity contribution < 1.29 is 8.78 Å². The van der Waals surface area contributed by atoms with E-state index >= 15 is 0 Å². The molecule has 114 valence electrons. The highest BCUT2D eigenvalue weighted by molar-refractivity contribution is 9.10. The fraction of sp³-hybridized carbons (Fsp3) is 0.438. The normalized spacial score (nSPS) is 12.0. The van der Waals surface area contributed by atoms with Gasteiger partial charge in [-0.15, -0.1) is 0 Å². The summed E-state index contributed by atoms with van der Waals surface area (Å²) in [4.78, 5) is 4.40. The second kappa shape index (κ2) is 5.87. The Balaban J connectivity index is 2.77. The molecule has 0 aliphatic rings. The van der Waals surface area contributed by atoms with Crippen LogP contribution >= 0.6 is 15.9 Å². The number of aromatic nitrogens is 1. The number of hydrogen-bond donors (Lipinski definition) is 1. The lowest BCUT2D eigenvalue weighted by Gasteiger charge is -2.23. The second-order valence-electron chi connectivity index (χ2n) is 6.11. The number of rotatable bonds is 3. The molecule has 0 amide bonds. The molecular weight excluding hydrogens is 338 g/mol. The SMILES string of the molecule is CCCNc1nc2c(F)cc(F)c(Br)c2cc1C(C)(C)C. The molecule has 5 heteroatoms. The van der Waals surface area contributed by atoms with Gasteiger partial charge in [-0.2, -0.15) is 0 Å². The minimum atomic E-state index is -0.647. The zero-order valence-corrected chi connectivity index (χ0v) is 14.2. The molecule has 0 aliphatic carbocycles. The van der Waals surface area contributed by atoms with Crippen molar-refractivity contribution in [3.63, 3.8) is 0 Å². The van der Waals surface area contributed by atoms with E-state index in [4.69, 9.17) is 0 Å². The van der Waals surface area contributed by atoms with Gasteiger partial charge in [0.1, 0.15) is 17.2 Å². The summed E-state index contributed by atoms with van der Waals surface area (Å²) < 4.78 is 28.0. The molecule has 0 aliphatic heterocycles. The van der Waals surface area contributed by atoms with Crippen molar-refractivity contribution in [2.45, 2.75) is 39.5 Å². The van der Waals surface area contributed by atoms with Gasteiger partial charge in [0.15, 0.2) is 5.82 Å². The lowest BCUT2D eigenvalue weighted by Crippen LogP contribution is -2.17. The highest BCUT2D eigenvalue weighted by atomic mass is 79.9. The molecule has 2 aromatic rings. The summed E-state index contributed by atoms with van der Waals surface area (Å²) in [7, 11) is 0. The predicted octanol–water partition coefficient (Wildman–Crippen LogP) is 5.39. The first-order chi connectivity index (χ1) is 9.75. The van der Waals surface area contributed by atoms with Crippen LogP contribution in [-0.4, -0.2) is 11.5 Å². The molecule has 0 fully saturated rings. The number of benzene rings is 1. The summed E-state index contributed by atoms with van der Waals surface area (Å²) in [6, 6.07) is 2.68. The van der Waals surface area contributed by atoms with E-state index in [0.29, 0.717) is 11.2 Å². The zero-order chi connectivity index (χ0) is 15.8. The van der Waals surface area contributed by atoms with Gasteiger partial charge in [0.25, 0.3) is 0 Å². The van der Waals surface area contributed by atoms with Gasteiger partial charge in [0.05, 0.1) is 4.47 Å². The molecule has 1 N–H and O–H groups in total. The molecule has 1 aromatic heterocycles. The maximum absolute atomic E-state index is 14.0. The Hall–Kier alpha value is -1.23. The molecular formula is C16H19BrF2N2. The number of anilines is 1. The highest BCUT2D eigenvalue weighted by Crippen LogP contribution is 2.35. The van der Waals surface area contributed by atoms with Crippen molar-refractivity contribution in [1.82, 2.24) is 4.98 Å². The molecule has 0 saturated heterocycles. The number of nitrogens with zero attached hydrogens (tertiary/aromatic N) is 1. The van der Waals surface area contributed by atoms with Crippen LogP contribution in [0.4, 0.5) is 14.6 Å². The number of pyridine rings is 1. The number of fused-ring (bicyclic) bond motifs is 1. The zero-order valence-electron chi connectivity index (χ0n) is 12.7. The molecule has 2 nitrogen and oxygen atoms in total. The Bertz CT molecular complexity index is 678. The van der Waals surface area contributed by atoms with E-state index < -0.39 is 11.6 Å². The second-order valence-corrected chi connectivity index (χ2v) is 6.90. The molecule has 0 spiro atoms. The third-order valence-electron chi connectivity index (χ3n) is 3.30. The Labute approximate surface area is 132 Å². The van der Waals surface area contributed by atoms with Crippen molar-refractivity contribution in [3.05, 3.63) is 33.8 Å². The molecule has 0 saturated carbocycles. The Morgan fingerprint density at radius 1 is 1.19 bits per heavy atom. The van der Waals surface area contributed by atoms with Crippen LogP contribution in [0, 0.1) is 11.6 Å². The summed E-state index contributed by atoms with van der Waals surface area (Å²) >= 11 is 3.19. The smallest absolute Gasteiger partial charge is 0.152 e. The summed E-state index contributed by atoms with van der Waals surface area (Å²) in [5, 5.41) is 3.69. The highest BCUT2D eigenvalue weighted by Gasteiger charge is 2.22. The quantitative estimate of drug-likeness (QED) is 0.745. The van der Waals surface area contributed by atoms with Crippen LogP contribution in [0.15, 0.2) is 16.6 Å². The molecule has 0 radical (unpaired) electrons. The van der Waals surface area contributed by atoms with Crippen molar-refractivity contribution in [1.29, 1.82) is 0 Å². The van der Waals surface area contributed by atoms with Crippen LogP contribution in [0.1, 0.15) is 39.7 Å². The van der Waals surface area contributed by atoms with Crippen LogP contribution < -0.4 is 5.32 Å². The topological polar surface area (TPSA) is 24.9 Å². The van der Waals surface area contributed by atoms with Crippen molar-refractivity contribution in [3.8, 4) is 0 Å². The van der Waals surface area contributed by atoms with Gasteiger partial charge in [0, 0.05) is 23.6 Å². The van der Waals surface area contributed by atoms with Crippen LogP contribution in [0.5, 0.6) is 0 Å². The molecule has 0 bridgehead atoms. The van der Waals surface area contributed by atoms with Crippen molar-refractivity contribution >= 4 is 32.7 Å². The molecule has 2 rings (SSSR count). The van der Waals surface area contributed by atoms with E-state index in [1.807, 2.05) is 6.07 Å². The minimum absolute atomic E-state index is 0.176. The standard InChI is InChI=1S/C16H19BrF2N2/c1-5-6-20-15-10(16(2,3)4)7-9-13(17)11(18)8-12(19)14(9)21-15/h7-8H,5-6H2,1-4H3,(H,20,21). The molecule has 1 aromatic carbocycles. The van der Waals surface area contributed by atoms with E-state index in [1.165, 1.54) is 0 Å². The third-order valence-corrected chi connectivity index (χ3v) is 4.10. The predicted molar refractivity (Wildman–Crippen MR) is 86.8 cm³/mol. The first-order valence-corrected chi connectivity index (χ1v) is 7.77. The van der Waals surface area contributed by atoms with Gasteiger partial charge < -0.3 is 5.32 Å². The average Bonchev–Trinajstić information content (AvgIpc) is 2.40. The lowest BCUT2D eigenvalue weighted by atomic mass is 9.86. The lowest BCUT2D eigenvalue weighted by molar-refractivity contribution is 0.581. The van der Waals surface area contributed by atoms with E-state index in [1.54, 1.807) is 0 Å². The maximum atomic E-state index is 14.0. The van der Waals surface area contributed by atoms with E-state index in [-0.39, 0.29) is 15.4 Å². The van der Waals surface area contributed by atoms with Crippen LogP contribution in [0.25, 0.3) is 10.9 Å². The van der Waals surface area contributed by atoms with E-state index in [9.17, 15) is 8.78 Å². The Kier molecular flexibility index (Phi) is 4.51. The number of nitrogens with one attached hydrogen (secondary N) is 1. The Morgan fingerprint density at radius 3 is 2.43 bits per heavy atom. The van der Waals surface area contributed by atoms with Crippen LogP contribution in [0.3, 0.4) is 0 Å². The average molecular weight is 357 g/mol. The summed E-state index contributed by atoms with van der Waals surface area (Å²) in [6.45, 7) is 8.96. The monoisotopic (exact) mass is 356 g/mol. The first-order valence-electron chi connectivity index (χ1n) is 6.98. The van der Waals surface area contributed by atoms with Crippen molar-refractivity contribution in [2.75, 3.05) is 11.9 Å². The van der Waals surface area contributed by atoms with Gasteiger partial charge in [-0.25, -0.2) is 13.8 Å². The maximum Gasteiger partial charge on any atom is 0.152 e. The minimum Gasteiger partial charge on any atom is -0.370 e. The van der Waals surface area contributed by atoms with Gasteiger partial charge in [-0.3, -0.25) is 0 Å². The Morgan fingerprint density at radius 2 is 1.86 bits per heavy atom. The van der Waals surface area contributed by atoms with E-state index in [2.05, 4.69) is 53.9 Å². The molecule has 0 unspecified atom stereocenters.